The second-order valence-electron chi connectivity index (χ2n) is 4.08. The molecule has 0 heterocycles. The van der Waals surface area contributed by atoms with Crippen molar-refractivity contribution in [3.63, 3.8) is 0 Å². The van der Waals surface area contributed by atoms with E-state index in [9.17, 15) is 4.79 Å². The summed E-state index contributed by atoms with van der Waals surface area (Å²) in [5.74, 6) is 1.19. The zero-order valence-corrected chi connectivity index (χ0v) is 13.0. The van der Waals surface area contributed by atoms with E-state index in [2.05, 4.69) is 26.6 Å². The van der Waals surface area contributed by atoms with Gasteiger partial charge in [0.25, 0.3) is 0 Å². The summed E-state index contributed by atoms with van der Waals surface area (Å²) >= 11 is 3.34. The van der Waals surface area contributed by atoms with E-state index in [4.69, 9.17) is 9.47 Å². The van der Waals surface area contributed by atoms with Crippen LogP contribution in [0.5, 0.6) is 11.5 Å². The summed E-state index contributed by atoms with van der Waals surface area (Å²) in [6.07, 6.45) is 0. The molecule has 21 heavy (non-hydrogen) atoms. The number of halogens is 1. The van der Waals surface area contributed by atoms with Crippen LogP contribution in [0.15, 0.2) is 53.0 Å². The summed E-state index contributed by atoms with van der Waals surface area (Å²) in [4.78, 5) is 11.7. The Morgan fingerprint density at radius 2 is 1.90 bits per heavy atom. The Morgan fingerprint density at radius 1 is 1.14 bits per heavy atom. The van der Waals surface area contributed by atoms with E-state index >= 15 is 0 Å². The van der Waals surface area contributed by atoms with Gasteiger partial charge < -0.3 is 20.1 Å². The van der Waals surface area contributed by atoms with E-state index in [1.165, 1.54) is 0 Å². The molecule has 2 aromatic carbocycles. The van der Waals surface area contributed by atoms with Gasteiger partial charge in [-0.15, -0.1) is 0 Å². The molecule has 0 radical (unpaired) electrons. The second kappa shape index (κ2) is 7.54. The Kier molecular flexibility index (Phi) is 5.45. The number of hydrogen-bond donors (Lipinski definition) is 2. The third-order valence-electron chi connectivity index (χ3n) is 2.61. The fourth-order valence-corrected chi connectivity index (χ4v) is 2.06. The molecule has 0 aliphatic rings. The molecule has 0 saturated carbocycles. The number of hydrogen-bond acceptors (Lipinski definition) is 3. The Balaban J connectivity index is 1.82. The lowest BCUT2D eigenvalue weighted by molar-refractivity contribution is 0.231. The summed E-state index contributed by atoms with van der Waals surface area (Å²) in [7, 11) is 1.57. The fourth-order valence-electron chi connectivity index (χ4n) is 1.66. The maximum Gasteiger partial charge on any atom is 0.321 e. The molecule has 6 heteroatoms. The summed E-state index contributed by atoms with van der Waals surface area (Å²) in [6.45, 7) is 0.0419. The van der Waals surface area contributed by atoms with Crippen molar-refractivity contribution < 1.29 is 14.3 Å². The largest absolute Gasteiger partial charge is 0.493 e. The van der Waals surface area contributed by atoms with Crippen LogP contribution in [-0.2, 0) is 0 Å². The van der Waals surface area contributed by atoms with Gasteiger partial charge in [-0.1, -0.05) is 34.1 Å². The molecule has 5 nitrogen and oxygen atoms in total. The lowest BCUT2D eigenvalue weighted by atomic mass is 10.3. The summed E-state index contributed by atoms with van der Waals surface area (Å²) in [5.41, 5.74) is 0.694. The standard InChI is InChI=1S/C15H15BrN2O3/c1-20-13-7-2-3-8-14(13)21-10-17-15(19)18-12-6-4-5-11(16)9-12/h2-9H,10H2,1H3,(H2,17,18,19). The number of rotatable bonds is 5. The molecule has 0 unspecified atom stereocenters. The highest BCUT2D eigenvalue weighted by Gasteiger charge is 2.04. The molecule has 2 N–H and O–H groups in total. The van der Waals surface area contributed by atoms with Crippen LogP contribution in [0, 0.1) is 0 Å². The Labute approximate surface area is 131 Å². The van der Waals surface area contributed by atoms with Crippen molar-refractivity contribution in [1.82, 2.24) is 5.32 Å². The molecule has 0 fully saturated rings. The number of urea groups is 1. The number of ether oxygens (including phenoxy) is 2. The van der Waals surface area contributed by atoms with Crippen molar-refractivity contribution in [3.8, 4) is 11.5 Å². The number of carbonyl (C=O) groups is 1. The van der Waals surface area contributed by atoms with Crippen LogP contribution in [0.3, 0.4) is 0 Å². The number of benzene rings is 2. The van der Waals surface area contributed by atoms with E-state index in [0.717, 1.165) is 4.47 Å². The number of anilines is 1. The lowest BCUT2D eigenvalue weighted by Crippen LogP contribution is -2.32. The first-order chi connectivity index (χ1) is 10.2. The molecule has 0 atom stereocenters. The van der Waals surface area contributed by atoms with Crippen molar-refractivity contribution in [2.24, 2.45) is 0 Å². The van der Waals surface area contributed by atoms with Crippen molar-refractivity contribution in [2.45, 2.75) is 0 Å². The third kappa shape index (κ3) is 4.68. The molecule has 0 aliphatic heterocycles. The topological polar surface area (TPSA) is 59.6 Å². The predicted octanol–water partition coefficient (Wildman–Crippen LogP) is 3.62. The van der Waals surface area contributed by atoms with Gasteiger partial charge in [-0.05, 0) is 30.3 Å². The molecule has 0 spiro atoms. The Morgan fingerprint density at radius 3 is 2.62 bits per heavy atom. The van der Waals surface area contributed by atoms with Gasteiger partial charge in [-0.25, -0.2) is 4.79 Å². The number of methoxy groups -OCH3 is 1. The quantitative estimate of drug-likeness (QED) is 0.809. The first-order valence-electron chi connectivity index (χ1n) is 6.25. The zero-order chi connectivity index (χ0) is 15.1. The highest BCUT2D eigenvalue weighted by molar-refractivity contribution is 9.10. The highest BCUT2D eigenvalue weighted by Crippen LogP contribution is 2.25. The predicted molar refractivity (Wildman–Crippen MR) is 84.8 cm³/mol. The Hall–Kier alpha value is -2.21. The molecule has 2 rings (SSSR count). The van der Waals surface area contributed by atoms with Crippen molar-refractivity contribution in [3.05, 3.63) is 53.0 Å². The molecule has 110 valence electrons. The molecular weight excluding hydrogens is 336 g/mol. The van der Waals surface area contributed by atoms with E-state index in [1.807, 2.05) is 24.3 Å². The van der Waals surface area contributed by atoms with Gasteiger partial charge in [0.15, 0.2) is 18.2 Å². The van der Waals surface area contributed by atoms with Crippen LogP contribution < -0.4 is 20.1 Å². The molecule has 0 saturated heterocycles. The highest BCUT2D eigenvalue weighted by atomic mass is 79.9. The summed E-state index contributed by atoms with van der Waals surface area (Å²) in [6, 6.07) is 14.2. The van der Waals surface area contributed by atoms with Gasteiger partial charge in [0, 0.05) is 10.2 Å². The molecule has 2 aromatic rings. The van der Waals surface area contributed by atoms with Crippen LogP contribution in [0.4, 0.5) is 10.5 Å². The maximum absolute atomic E-state index is 11.7. The van der Waals surface area contributed by atoms with Gasteiger partial charge in [0.2, 0.25) is 0 Å². The minimum atomic E-state index is -0.344. The van der Waals surface area contributed by atoms with Crippen molar-refractivity contribution >= 4 is 27.6 Å². The Bertz CT molecular complexity index is 619. The first kappa shape index (κ1) is 15.2. The first-order valence-corrected chi connectivity index (χ1v) is 7.04. The smallest absolute Gasteiger partial charge is 0.321 e. The van der Waals surface area contributed by atoms with Gasteiger partial charge in [-0.3, -0.25) is 0 Å². The van der Waals surface area contributed by atoms with Gasteiger partial charge >= 0.3 is 6.03 Å². The van der Waals surface area contributed by atoms with E-state index in [-0.39, 0.29) is 12.8 Å². The van der Waals surface area contributed by atoms with Gasteiger partial charge in [0.1, 0.15) is 0 Å². The number of carbonyl (C=O) groups excluding carboxylic acids is 1. The van der Waals surface area contributed by atoms with Crippen molar-refractivity contribution in [1.29, 1.82) is 0 Å². The van der Waals surface area contributed by atoms with Crippen LogP contribution >= 0.6 is 15.9 Å². The molecule has 2 amide bonds. The average Bonchev–Trinajstić information content (AvgIpc) is 2.47. The molecular formula is C15H15BrN2O3. The van der Waals surface area contributed by atoms with Gasteiger partial charge in [0.05, 0.1) is 7.11 Å². The van der Waals surface area contributed by atoms with Crippen LogP contribution in [0.1, 0.15) is 0 Å². The van der Waals surface area contributed by atoms with Crippen LogP contribution in [0.25, 0.3) is 0 Å². The minimum Gasteiger partial charge on any atom is -0.493 e. The molecule has 0 bridgehead atoms. The zero-order valence-electron chi connectivity index (χ0n) is 11.4. The summed E-state index contributed by atoms with van der Waals surface area (Å²) in [5, 5.41) is 5.31. The third-order valence-corrected chi connectivity index (χ3v) is 3.11. The SMILES string of the molecule is COc1ccccc1OCNC(=O)Nc1cccc(Br)c1. The second-order valence-corrected chi connectivity index (χ2v) is 5.00. The van der Waals surface area contributed by atoms with E-state index in [0.29, 0.717) is 17.2 Å². The number of nitrogens with one attached hydrogen (secondary N) is 2. The number of para-hydroxylation sites is 2. The lowest BCUT2D eigenvalue weighted by Gasteiger charge is -2.11. The summed E-state index contributed by atoms with van der Waals surface area (Å²) < 4.78 is 11.5. The van der Waals surface area contributed by atoms with Crippen LogP contribution in [-0.4, -0.2) is 19.9 Å². The normalized spacial score (nSPS) is 9.81. The molecule has 0 aromatic heterocycles. The number of amides is 2. The van der Waals surface area contributed by atoms with E-state index in [1.54, 1.807) is 31.4 Å². The average molecular weight is 351 g/mol. The van der Waals surface area contributed by atoms with Crippen LogP contribution in [0.2, 0.25) is 0 Å². The maximum atomic E-state index is 11.7. The van der Waals surface area contributed by atoms with Crippen molar-refractivity contribution in [2.75, 3.05) is 19.2 Å². The van der Waals surface area contributed by atoms with E-state index < -0.39 is 0 Å². The fraction of sp³-hybridized carbons (Fsp3) is 0.133. The monoisotopic (exact) mass is 350 g/mol. The molecule has 0 aliphatic carbocycles. The van der Waals surface area contributed by atoms with Gasteiger partial charge in [-0.2, -0.15) is 0 Å². The minimum absolute atomic E-state index is 0.0419.